The van der Waals surface area contributed by atoms with Crippen LogP contribution in [0.5, 0.6) is 5.75 Å². The second-order valence-electron chi connectivity index (χ2n) is 6.39. The van der Waals surface area contributed by atoms with Gasteiger partial charge in [0, 0.05) is 6.54 Å². The molecule has 3 rings (SSSR count). The molecule has 1 amide bonds. The van der Waals surface area contributed by atoms with E-state index < -0.39 is 0 Å². The first kappa shape index (κ1) is 17.7. The Labute approximate surface area is 153 Å². The van der Waals surface area contributed by atoms with Gasteiger partial charge in [-0.3, -0.25) is 4.79 Å². The van der Waals surface area contributed by atoms with Crippen LogP contribution >= 0.6 is 0 Å². The fourth-order valence-electron chi connectivity index (χ4n) is 2.87. The summed E-state index contributed by atoms with van der Waals surface area (Å²) in [5.41, 5.74) is 2.97. The van der Waals surface area contributed by atoms with E-state index in [0.717, 1.165) is 22.4 Å². The van der Waals surface area contributed by atoms with Gasteiger partial charge in [-0.2, -0.15) is 0 Å². The smallest absolute Gasteiger partial charge is 0.258 e. The molecule has 5 nitrogen and oxygen atoms in total. The number of carbonyl (C=O) groups excluding carboxylic acids is 1. The third kappa shape index (κ3) is 4.11. The number of amides is 1. The van der Waals surface area contributed by atoms with Crippen LogP contribution in [0.3, 0.4) is 0 Å². The summed E-state index contributed by atoms with van der Waals surface area (Å²) in [6.45, 7) is 8.54. The Morgan fingerprint density at radius 1 is 1.19 bits per heavy atom. The molecule has 0 aliphatic rings. The number of nitrogens with one attached hydrogen (secondary N) is 1. The molecule has 1 heterocycles. The lowest BCUT2D eigenvalue weighted by Crippen LogP contribution is -2.32. The number of allylic oxidation sites excluding steroid dienone is 1. The van der Waals surface area contributed by atoms with E-state index in [-0.39, 0.29) is 18.6 Å². The van der Waals surface area contributed by atoms with Gasteiger partial charge in [0.25, 0.3) is 5.91 Å². The van der Waals surface area contributed by atoms with Crippen LogP contribution in [0.15, 0.2) is 66.7 Å². The Morgan fingerprint density at radius 3 is 2.62 bits per heavy atom. The summed E-state index contributed by atoms with van der Waals surface area (Å²) in [5.74, 6) is 1.29. The largest absolute Gasteiger partial charge is 0.484 e. The van der Waals surface area contributed by atoms with Gasteiger partial charge >= 0.3 is 0 Å². The van der Waals surface area contributed by atoms with Crippen LogP contribution in [0, 0.1) is 0 Å². The fraction of sp³-hybridized carbons (Fsp3) is 0.238. The molecular weight excluding hydrogens is 326 g/mol. The highest BCUT2D eigenvalue weighted by Gasteiger charge is 2.18. The monoisotopic (exact) mass is 349 g/mol. The first-order valence-corrected chi connectivity index (χ1v) is 8.61. The van der Waals surface area contributed by atoms with Gasteiger partial charge in [-0.15, -0.1) is 0 Å². The van der Waals surface area contributed by atoms with E-state index in [2.05, 4.69) is 16.5 Å². The number of aromatic nitrogens is 2. The van der Waals surface area contributed by atoms with E-state index in [9.17, 15) is 4.79 Å². The van der Waals surface area contributed by atoms with Crippen molar-refractivity contribution < 1.29 is 9.53 Å². The summed E-state index contributed by atoms with van der Waals surface area (Å²) < 4.78 is 7.60. The third-order valence-electron chi connectivity index (χ3n) is 3.99. The lowest BCUT2D eigenvalue weighted by molar-refractivity contribution is -0.123. The minimum Gasteiger partial charge on any atom is -0.484 e. The summed E-state index contributed by atoms with van der Waals surface area (Å²) in [5, 5.41) is 2.96. The minimum atomic E-state index is -0.242. The lowest BCUT2D eigenvalue weighted by Gasteiger charge is -2.16. The zero-order valence-corrected chi connectivity index (χ0v) is 15.1. The SMILES string of the molecule is C=C(C)Cn1c(C(C)NC(=O)COc2ccccc2)nc2ccccc21. The van der Waals surface area contributed by atoms with Gasteiger partial charge in [0.15, 0.2) is 6.61 Å². The van der Waals surface area contributed by atoms with Crippen molar-refractivity contribution in [3.05, 3.63) is 72.6 Å². The molecule has 0 bridgehead atoms. The van der Waals surface area contributed by atoms with Crippen LogP contribution in [0.25, 0.3) is 11.0 Å². The van der Waals surface area contributed by atoms with Gasteiger partial charge in [0.2, 0.25) is 0 Å². The molecule has 134 valence electrons. The van der Waals surface area contributed by atoms with E-state index in [4.69, 9.17) is 9.72 Å². The third-order valence-corrected chi connectivity index (χ3v) is 3.99. The maximum Gasteiger partial charge on any atom is 0.258 e. The van der Waals surface area contributed by atoms with Gasteiger partial charge in [-0.1, -0.05) is 42.5 Å². The summed E-state index contributed by atoms with van der Waals surface area (Å²) in [7, 11) is 0. The summed E-state index contributed by atoms with van der Waals surface area (Å²) in [4.78, 5) is 17.0. The first-order valence-electron chi connectivity index (χ1n) is 8.61. The lowest BCUT2D eigenvalue weighted by atomic mass is 10.2. The van der Waals surface area contributed by atoms with Crippen LogP contribution in [0.4, 0.5) is 0 Å². The number of imidazole rings is 1. The van der Waals surface area contributed by atoms with Crippen molar-refractivity contribution in [2.45, 2.75) is 26.4 Å². The summed E-state index contributed by atoms with van der Waals surface area (Å²) in [6, 6.07) is 17.0. The van der Waals surface area contributed by atoms with Crippen LogP contribution in [-0.2, 0) is 11.3 Å². The van der Waals surface area contributed by atoms with Crippen molar-refractivity contribution in [2.75, 3.05) is 6.61 Å². The van der Waals surface area contributed by atoms with Gasteiger partial charge in [-0.25, -0.2) is 4.98 Å². The maximum absolute atomic E-state index is 12.3. The minimum absolute atomic E-state index is 0.0327. The second-order valence-corrected chi connectivity index (χ2v) is 6.39. The van der Waals surface area contributed by atoms with E-state index in [0.29, 0.717) is 12.3 Å². The van der Waals surface area contributed by atoms with Gasteiger partial charge < -0.3 is 14.6 Å². The number of rotatable bonds is 7. The molecular formula is C21H23N3O2. The predicted octanol–water partition coefficient (Wildman–Crippen LogP) is 3.87. The molecule has 1 N–H and O–H groups in total. The summed E-state index contributed by atoms with van der Waals surface area (Å²) in [6.07, 6.45) is 0. The van der Waals surface area contributed by atoms with Gasteiger partial charge in [-0.05, 0) is 38.1 Å². The van der Waals surface area contributed by atoms with Crippen molar-refractivity contribution in [3.63, 3.8) is 0 Å². The number of fused-ring (bicyclic) bond motifs is 1. The average molecular weight is 349 g/mol. The Hall–Kier alpha value is -3.08. The molecule has 5 heteroatoms. The molecule has 0 saturated heterocycles. The molecule has 0 aliphatic carbocycles. The quantitative estimate of drug-likeness (QED) is 0.659. The van der Waals surface area contributed by atoms with Crippen LogP contribution in [-0.4, -0.2) is 22.1 Å². The zero-order chi connectivity index (χ0) is 18.5. The maximum atomic E-state index is 12.3. The average Bonchev–Trinajstić information content (AvgIpc) is 2.99. The number of carbonyl (C=O) groups is 1. The normalized spacial score (nSPS) is 11.9. The number of ether oxygens (including phenoxy) is 1. The molecule has 0 aliphatic heterocycles. The van der Waals surface area contributed by atoms with Crippen molar-refractivity contribution in [2.24, 2.45) is 0 Å². The Balaban J connectivity index is 1.73. The highest BCUT2D eigenvalue weighted by atomic mass is 16.5. The Morgan fingerprint density at radius 2 is 1.88 bits per heavy atom. The van der Waals surface area contributed by atoms with Crippen molar-refractivity contribution in [1.29, 1.82) is 0 Å². The van der Waals surface area contributed by atoms with Gasteiger partial charge in [0.1, 0.15) is 11.6 Å². The van der Waals surface area contributed by atoms with Crippen LogP contribution in [0.2, 0.25) is 0 Å². The number of benzene rings is 2. The highest BCUT2D eigenvalue weighted by Crippen LogP contribution is 2.22. The van der Waals surface area contributed by atoms with Crippen molar-refractivity contribution >= 4 is 16.9 Å². The van der Waals surface area contributed by atoms with Crippen LogP contribution < -0.4 is 10.1 Å². The first-order chi connectivity index (χ1) is 12.5. The van der Waals surface area contributed by atoms with E-state index in [1.807, 2.05) is 68.4 Å². The standard InChI is InChI=1S/C21H23N3O2/c1-15(2)13-24-19-12-8-7-11-18(19)23-21(24)16(3)22-20(25)14-26-17-9-5-4-6-10-17/h4-12,16H,1,13-14H2,2-3H3,(H,22,25). The molecule has 26 heavy (non-hydrogen) atoms. The molecule has 2 aromatic carbocycles. The Kier molecular flexibility index (Phi) is 5.37. The molecule has 1 aromatic heterocycles. The number of nitrogens with zero attached hydrogens (tertiary/aromatic N) is 2. The Bertz CT molecular complexity index is 915. The van der Waals surface area contributed by atoms with E-state index in [1.54, 1.807) is 0 Å². The molecule has 0 spiro atoms. The van der Waals surface area contributed by atoms with Gasteiger partial charge in [0.05, 0.1) is 17.1 Å². The molecule has 0 radical (unpaired) electrons. The zero-order valence-electron chi connectivity index (χ0n) is 15.1. The topological polar surface area (TPSA) is 56.2 Å². The molecule has 0 fully saturated rings. The molecule has 0 saturated carbocycles. The number of hydrogen-bond acceptors (Lipinski definition) is 3. The highest BCUT2D eigenvalue weighted by molar-refractivity contribution is 5.79. The molecule has 1 atom stereocenters. The van der Waals surface area contributed by atoms with E-state index >= 15 is 0 Å². The van der Waals surface area contributed by atoms with Crippen molar-refractivity contribution in [1.82, 2.24) is 14.9 Å². The number of para-hydroxylation sites is 3. The molecule has 3 aromatic rings. The summed E-state index contributed by atoms with van der Waals surface area (Å²) >= 11 is 0. The second kappa shape index (κ2) is 7.87. The van der Waals surface area contributed by atoms with Crippen molar-refractivity contribution in [3.8, 4) is 5.75 Å². The fourth-order valence-corrected chi connectivity index (χ4v) is 2.87. The van der Waals surface area contributed by atoms with Crippen LogP contribution in [0.1, 0.15) is 25.7 Å². The number of hydrogen-bond donors (Lipinski definition) is 1. The van der Waals surface area contributed by atoms with E-state index in [1.165, 1.54) is 0 Å². The predicted molar refractivity (Wildman–Crippen MR) is 103 cm³/mol. The molecule has 1 unspecified atom stereocenters.